The normalized spacial score (nSPS) is 11.7. The van der Waals surface area contributed by atoms with E-state index in [1.165, 1.54) is 0 Å². The molecule has 110 valence electrons. The van der Waals surface area contributed by atoms with Crippen molar-refractivity contribution in [1.82, 2.24) is 5.32 Å². The van der Waals surface area contributed by atoms with Gasteiger partial charge < -0.3 is 21.5 Å². The van der Waals surface area contributed by atoms with Crippen LogP contribution in [0.3, 0.4) is 0 Å². The molecule has 1 unspecified atom stereocenters. The molecule has 6 nitrogen and oxygen atoms in total. The van der Waals surface area contributed by atoms with Gasteiger partial charge in [-0.25, -0.2) is 0 Å². The van der Waals surface area contributed by atoms with Crippen LogP contribution >= 0.6 is 0 Å². The zero-order valence-electron chi connectivity index (χ0n) is 11.4. The lowest BCUT2D eigenvalue weighted by Gasteiger charge is -2.10. The average molecular weight is 279 g/mol. The summed E-state index contributed by atoms with van der Waals surface area (Å²) in [7, 11) is 0. The Kier molecular flexibility index (Phi) is 7.31. The van der Waals surface area contributed by atoms with Gasteiger partial charge in [-0.2, -0.15) is 0 Å². The van der Waals surface area contributed by atoms with Crippen molar-refractivity contribution in [3.05, 3.63) is 35.9 Å². The molecule has 0 fully saturated rings. The zero-order chi connectivity index (χ0) is 14.8. The summed E-state index contributed by atoms with van der Waals surface area (Å²) in [5.74, 6) is -0.659. The highest BCUT2D eigenvalue weighted by Gasteiger charge is 2.12. The predicted octanol–water partition coefficient (Wildman–Crippen LogP) is -0.0878. The Bertz CT molecular complexity index is 423. The monoisotopic (exact) mass is 279 g/mol. The number of carbonyl (C=O) groups is 2. The van der Waals surface area contributed by atoms with Crippen LogP contribution in [0.15, 0.2) is 30.3 Å². The topological polar surface area (TPSA) is 107 Å². The van der Waals surface area contributed by atoms with Crippen molar-refractivity contribution < 1.29 is 14.3 Å². The van der Waals surface area contributed by atoms with Crippen molar-refractivity contribution in [2.24, 2.45) is 11.5 Å². The molecule has 1 atom stereocenters. The fraction of sp³-hybridized carbons (Fsp3) is 0.429. The number of esters is 1. The van der Waals surface area contributed by atoms with Gasteiger partial charge in [-0.15, -0.1) is 0 Å². The van der Waals surface area contributed by atoms with Crippen LogP contribution in [0, 0.1) is 0 Å². The molecule has 0 radical (unpaired) electrons. The molecule has 0 bridgehead atoms. The first-order valence-electron chi connectivity index (χ1n) is 6.56. The number of carbonyl (C=O) groups excluding carboxylic acids is 2. The third-order valence-electron chi connectivity index (χ3n) is 2.69. The molecule has 1 rings (SSSR count). The molecular formula is C14H21N3O3. The molecule has 0 saturated heterocycles. The maximum absolute atomic E-state index is 11.5. The molecule has 0 heterocycles. The number of rotatable bonds is 8. The van der Waals surface area contributed by atoms with Gasteiger partial charge in [0.15, 0.2) is 0 Å². The summed E-state index contributed by atoms with van der Waals surface area (Å²) in [6.07, 6.45) is 0.540. The molecule has 6 heteroatoms. The second kappa shape index (κ2) is 9.06. The molecule has 0 saturated carbocycles. The predicted molar refractivity (Wildman–Crippen MR) is 75.5 cm³/mol. The first-order valence-corrected chi connectivity index (χ1v) is 6.56. The minimum absolute atomic E-state index is 0.119. The van der Waals surface area contributed by atoms with Crippen LogP contribution < -0.4 is 16.8 Å². The zero-order valence-corrected chi connectivity index (χ0v) is 11.4. The first-order chi connectivity index (χ1) is 9.63. The largest absolute Gasteiger partial charge is 0.461 e. The van der Waals surface area contributed by atoms with Crippen LogP contribution in [-0.2, 0) is 20.9 Å². The third-order valence-corrected chi connectivity index (χ3v) is 2.69. The quantitative estimate of drug-likeness (QED) is 0.577. The van der Waals surface area contributed by atoms with Crippen LogP contribution in [0.4, 0.5) is 0 Å². The van der Waals surface area contributed by atoms with Gasteiger partial charge in [0.1, 0.15) is 6.61 Å². The Morgan fingerprint density at radius 3 is 2.60 bits per heavy atom. The highest BCUT2D eigenvalue weighted by molar-refractivity contribution is 5.82. The van der Waals surface area contributed by atoms with E-state index >= 15 is 0 Å². The van der Waals surface area contributed by atoms with Gasteiger partial charge >= 0.3 is 5.97 Å². The maximum atomic E-state index is 11.5. The van der Waals surface area contributed by atoms with Gasteiger partial charge in [0.05, 0.1) is 12.5 Å². The molecule has 0 aliphatic heterocycles. The Hall–Kier alpha value is -1.92. The van der Waals surface area contributed by atoms with Crippen LogP contribution in [-0.4, -0.2) is 31.0 Å². The molecule has 0 aliphatic rings. The highest BCUT2D eigenvalue weighted by atomic mass is 16.5. The summed E-state index contributed by atoms with van der Waals surface area (Å²) in [4.78, 5) is 22.9. The number of ether oxygens (including phenoxy) is 1. The lowest BCUT2D eigenvalue weighted by Crippen LogP contribution is -2.42. The van der Waals surface area contributed by atoms with E-state index in [1.54, 1.807) is 0 Å². The van der Waals surface area contributed by atoms with Crippen LogP contribution in [0.2, 0.25) is 0 Å². The van der Waals surface area contributed by atoms with Crippen molar-refractivity contribution in [2.75, 3.05) is 13.1 Å². The molecule has 0 spiro atoms. The second-order valence-corrected chi connectivity index (χ2v) is 4.37. The van der Waals surface area contributed by atoms with Crippen molar-refractivity contribution in [1.29, 1.82) is 0 Å². The van der Waals surface area contributed by atoms with Crippen molar-refractivity contribution >= 4 is 11.9 Å². The molecule has 0 aliphatic carbocycles. The lowest BCUT2D eigenvalue weighted by molar-refractivity contribution is -0.144. The van der Waals surface area contributed by atoms with Gasteiger partial charge in [-0.3, -0.25) is 9.59 Å². The summed E-state index contributed by atoms with van der Waals surface area (Å²) >= 11 is 0. The number of benzene rings is 1. The minimum Gasteiger partial charge on any atom is -0.461 e. The summed E-state index contributed by atoms with van der Waals surface area (Å²) in [6, 6.07) is 8.78. The molecule has 1 aromatic carbocycles. The van der Waals surface area contributed by atoms with Gasteiger partial charge in [-0.05, 0) is 18.5 Å². The fourth-order valence-corrected chi connectivity index (χ4v) is 1.54. The van der Waals surface area contributed by atoms with Gasteiger partial charge in [0.25, 0.3) is 0 Å². The van der Waals surface area contributed by atoms with Crippen molar-refractivity contribution in [3.8, 4) is 0 Å². The second-order valence-electron chi connectivity index (χ2n) is 4.37. The van der Waals surface area contributed by atoms with E-state index in [1.807, 2.05) is 30.3 Å². The van der Waals surface area contributed by atoms with E-state index in [4.69, 9.17) is 16.2 Å². The smallest absolute Gasteiger partial charge is 0.307 e. The van der Waals surface area contributed by atoms with E-state index in [0.29, 0.717) is 13.0 Å². The van der Waals surface area contributed by atoms with Crippen molar-refractivity contribution in [2.45, 2.75) is 25.5 Å². The first kappa shape index (κ1) is 16.1. The number of amides is 1. The van der Waals surface area contributed by atoms with Crippen LogP contribution in [0.1, 0.15) is 18.4 Å². The highest BCUT2D eigenvalue weighted by Crippen LogP contribution is 2.01. The molecule has 1 aromatic rings. The van der Waals surface area contributed by atoms with Crippen LogP contribution in [0.25, 0.3) is 0 Å². The Morgan fingerprint density at radius 1 is 1.25 bits per heavy atom. The van der Waals surface area contributed by atoms with E-state index in [9.17, 15) is 9.59 Å². The average Bonchev–Trinajstić information content (AvgIpc) is 2.46. The maximum Gasteiger partial charge on any atom is 0.307 e. The van der Waals surface area contributed by atoms with E-state index in [0.717, 1.165) is 5.56 Å². The summed E-state index contributed by atoms with van der Waals surface area (Å²) in [5, 5.41) is 2.58. The fourth-order valence-electron chi connectivity index (χ4n) is 1.54. The minimum atomic E-state index is -0.625. The van der Waals surface area contributed by atoms with Gasteiger partial charge in [0.2, 0.25) is 5.91 Å². The van der Waals surface area contributed by atoms with E-state index in [-0.39, 0.29) is 31.4 Å². The summed E-state index contributed by atoms with van der Waals surface area (Å²) in [5.41, 5.74) is 11.8. The number of hydrogen-bond acceptors (Lipinski definition) is 5. The Balaban J connectivity index is 2.16. The van der Waals surface area contributed by atoms with Gasteiger partial charge in [0, 0.05) is 6.54 Å². The SMILES string of the molecule is NCCC(N)C(=O)NCCC(=O)OCc1ccccc1. The summed E-state index contributed by atoms with van der Waals surface area (Å²) < 4.78 is 5.08. The molecular weight excluding hydrogens is 258 g/mol. The van der Waals surface area contributed by atoms with E-state index in [2.05, 4.69) is 5.32 Å². The third kappa shape index (κ3) is 6.31. The molecule has 5 N–H and O–H groups in total. The van der Waals surface area contributed by atoms with Crippen LogP contribution in [0.5, 0.6) is 0 Å². The number of nitrogens with one attached hydrogen (secondary N) is 1. The van der Waals surface area contributed by atoms with E-state index < -0.39 is 6.04 Å². The summed E-state index contributed by atoms with van der Waals surface area (Å²) in [6.45, 7) is 0.804. The Morgan fingerprint density at radius 2 is 1.95 bits per heavy atom. The van der Waals surface area contributed by atoms with Crippen molar-refractivity contribution in [3.63, 3.8) is 0 Å². The Labute approximate surface area is 118 Å². The molecule has 1 amide bonds. The van der Waals surface area contributed by atoms with Gasteiger partial charge in [-0.1, -0.05) is 30.3 Å². The molecule has 20 heavy (non-hydrogen) atoms. The lowest BCUT2D eigenvalue weighted by atomic mass is 10.2. The standard InChI is InChI=1S/C14H21N3O3/c15-8-6-12(16)14(19)17-9-7-13(18)20-10-11-4-2-1-3-5-11/h1-5,12H,6-10,15-16H2,(H,17,19). The number of nitrogens with two attached hydrogens (primary N) is 2. The molecule has 0 aromatic heterocycles. The number of hydrogen-bond donors (Lipinski definition) is 3.